The molecule has 1 aromatic carbocycles. The molecule has 0 saturated carbocycles. The Morgan fingerprint density at radius 3 is 2.87 bits per heavy atom. The lowest BCUT2D eigenvalue weighted by molar-refractivity contribution is 0.669. The number of benzene rings is 1. The minimum atomic E-state index is 0.415. The molecule has 0 radical (unpaired) electrons. The molecule has 23 heavy (non-hydrogen) atoms. The zero-order valence-electron chi connectivity index (χ0n) is 13.0. The van der Waals surface area contributed by atoms with Crippen LogP contribution in [0.2, 0.25) is 0 Å². The number of rotatable bonds is 3. The summed E-state index contributed by atoms with van der Waals surface area (Å²) in [7, 11) is 0. The van der Waals surface area contributed by atoms with Crippen LogP contribution in [0.5, 0.6) is 0 Å². The van der Waals surface area contributed by atoms with Gasteiger partial charge in [0.25, 0.3) is 0 Å². The van der Waals surface area contributed by atoms with E-state index in [4.69, 9.17) is 0 Å². The van der Waals surface area contributed by atoms with E-state index in [9.17, 15) is 0 Å². The summed E-state index contributed by atoms with van der Waals surface area (Å²) >= 11 is 1.65. The molecule has 6 heteroatoms. The van der Waals surface area contributed by atoms with Crippen molar-refractivity contribution < 1.29 is 0 Å². The summed E-state index contributed by atoms with van der Waals surface area (Å²) in [5, 5.41) is 4.30. The van der Waals surface area contributed by atoms with Gasteiger partial charge in [0, 0.05) is 42.1 Å². The SMILES string of the molecule is CC(C)c1nccn1Cc1ccc2c(c1)Nc1nccnc1S2. The Balaban J connectivity index is 1.62. The normalized spacial score (nSPS) is 12.7. The fourth-order valence-corrected chi connectivity index (χ4v) is 3.61. The standard InChI is InChI=1S/C17H17N5S/c1-11(2)16-19-7-8-22(16)10-12-3-4-14-13(9-12)21-15-17(23-14)20-6-5-18-15/h3-9,11H,10H2,1-2H3,(H,18,21). The molecule has 3 aromatic rings. The molecule has 1 aliphatic heterocycles. The minimum absolute atomic E-state index is 0.415. The molecule has 0 bridgehead atoms. The second kappa shape index (κ2) is 5.70. The third-order valence-electron chi connectivity index (χ3n) is 3.79. The second-order valence-corrected chi connectivity index (χ2v) is 6.87. The summed E-state index contributed by atoms with van der Waals surface area (Å²) in [6.07, 6.45) is 7.34. The van der Waals surface area contributed by atoms with E-state index in [1.165, 1.54) is 10.5 Å². The van der Waals surface area contributed by atoms with Gasteiger partial charge in [-0.2, -0.15) is 0 Å². The molecule has 5 nitrogen and oxygen atoms in total. The van der Waals surface area contributed by atoms with E-state index in [0.29, 0.717) is 5.92 Å². The maximum Gasteiger partial charge on any atom is 0.163 e. The monoisotopic (exact) mass is 323 g/mol. The number of imidazole rings is 1. The molecular weight excluding hydrogens is 306 g/mol. The lowest BCUT2D eigenvalue weighted by Crippen LogP contribution is -2.07. The van der Waals surface area contributed by atoms with Gasteiger partial charge >= 0.3 is 0 Å². The highest BCUT2D eigenvalue weighted by molar-refractivity contribution is 7.99. The smallest absolute Gasteiger partial charge is 0.163 e. The van der Waals surface area contributed by atoms with Crippen LogP contribution in [0.3, 0.4) is 0 Å². The minimum Gasteiger partial charge on any atom is -0.337 e. The van der Waals surface area contributed by atoms with Crippen LogP contribution in [0.4, 0.5) is 11.5 Å². The van der Waals surface area contributed by atoms with Gasteiger partial charge in [0.2, 0.25) is 0 Å². The Kier molecular flexibility index (Phi) is 3.53. The van der Waals surface area contributed by atoms with Crippen LogP contribution in [0, 0.1) is 0 Å². The number of hydrogen-bond acceptors (Lipinski definition) is 5. The Morgan fingerprint density at radius 1 is 1.13 bits per heavy atom. The van der Waals surface area contributed by atoms with Crippen molar-refractivity contribution in [2.24, 2.45) is 0 Å². The highest BCUT2D eigenvalue weighted by Gasteiger charge is 2.18. The largest absolute Gasteiger partial charge is 0.337 e. The summed E-state index contributed by atoms with van der Waals surface area (Å²) in [6, 6.07) is 6.50. The Bertz CT molecular complexity index is 856. The maximum absolute atomic E-state index is 4.45. The molecule has 116 valence electrons. The van der Waals surface area contributed by atoms with Gasteiger partial charge in [0.1, 0.15) is 10.9 Å². The van der Waals surface area contributed by atoms with Crippen LogP contribution in [0.25, 0.3) is 0 Å². The predicted octanol–water partition coefficient (Wildman–Crippen LogP) is 4.05. The molecule has 0 spiro atoms. The van der Waals surface area contributed by atoms with E-state index in [0.717, 1.165) is 28.9 Å². The summed E-state index contributed by atoms with van der Waals surface area (Å²) < 4.78 is 2.20. The van der Waals surface area contributed by atoms with Crippen LogP contribution in [0.15, 0.2) is 52.9 Å². The Labute approximate surface area is 139 Å². The molecule has 0 aliphatic carbocycles. The number of nitrogens with zero attached hydrogens (tertiary/aromatic N) is 4. The first-order valence-electron chi connectivity index (χ1n) is 7.60. The molecule has 0 atom stereocenters. The van der Waals surface area contributed by atoms with E-state index >= 15 is 0 Å². The fraction of sp³-hybridized carbons (Fsp3) is 0.235. The van der Waals surface area contributed by atoms with Crippen molar-refractivity contribution in [3.05, 3.63) is 54.4 Å². The average molecular weight is 323 g/mol. The van der Waals surface area contributed by atoms with Gasteiger partial charge in [-0.05, 0) is 17.7 Å². The van der Waals surface area contributed by atoms with Crippen LogP contribution in [-0.2, 0) is 6.54 Å². The summed E-state index contributed by atoms with van der Waals surface area (Å²) in [5.74, 6) is 2.35. The topological polar surface area (TPSA) is 55.6 Å². The van der Waals surface area contributed by atoms with Crippen molar-refractivity contribution in [1.82, 2.24) is 19.5 Å². The van der Waals surface area contributed by atoms with E-state index in [2.05, 4.69) is 56.9 Å². The number of nitrogens with one attached hydrogen (secondary N) is 1. The van der Waals surface area contributed by atoms with Gasteiger partial charge in [-0.3, -0.25) is 0 Å². The third-order valence-corrected chi connectivity index (χ3v) is 4.85. The molecule has 0 amide bonds. The lowest BCUT2D eigenvalue weighted by Gasteiger charge is -2.19. The summed E-state index contributed by atoms with van der Waals surface area (Å²) in [6.45, 7) is 5.15. The van der Waals surface area contributed by atoms with Gasteiger partial charge in [-0.1, -0.05) is 31.7 Å². The highest BCUT2D eigenvalue weighted by atomic mass is 32.2. The average Bonchev–Trinajstić information content (AvgIpc) is 3.01. The first-order valence-corrected chi connectivity index (χ1v) is 8.42. The Morgan fingerprint density at radius 2 is 2.00 bits per heavy atom. The van der Waals surface area contributed by atoms with Gasteiger partial charge in [-0.25, -0.2) is 15.0 Å². The highest BCUT2D eigenvalue weighted by Crippen LogP contribution is 2.42. The molecule has 4 rings (SSSR count). The quantitative estimate of drug-likeness (QED) is 0.616. The van der Waals surface area contributed by atoms with Crippen LogP contribution in [-0.4, -0.2) is 19.5 Å². The summed E-state index contributed by atoms with van der Waals surface area (Å²) in [5.41, 5.74) is 2.33. The summed E-state index contributed by atoms with van der Waals surface area (Å²) in [4.78, 5) is 14.3. The molecule has 1 N–H and O–H groups in total. The van der Waals surface area contributed by atoms with E-state index in [-0.39, 0.29) is 0 Å². The van der Waals surface area contributed by atoms with Gasteiger partial charge in [-0.15, -0.1) is 0 Å². The third kappa shape index (κ3) is 2.70. The van der Waals surface area contributed by atoms with Crippen LogP contribution >= 0.6 is 11.8 Å². The van der Waals surface area contributed by atoms with E-state index in [1.54, 1.807) is 24.2 Å². The number of hydrogen-bond donors (Lipinski definition) is 1. The van der Waals surface area contributed by atoms with Gasteiger partial charge < -0.3 is 9.88 Å². The molecule has 3 heterocycles. The van der Waals surface area contributed by atoms with Crippen LogP contribution in [0.1, 0.15) is 31.2 Å². The zero-order chi connectivity index (χ0) is 15.8. The number of fused-ring (bicyclic) bond motifs is 2. The Hall–Kier alpha value is -2.34. The van der Waals surface area contributed by atoms with E-state index in [1.807, 2.05) is 12.4 Å². The van der Waals surface area contributed by atoms with Crippen molar-refractivity contribution in [3.63, 3.8) is 0 Å². The van der Waals surface area contributed by atoms with Crippen molar-refractivity contribution in [2.45, 2.75) is 36.2 Å². The van der Waals surface area contributed by atoms with Crippen molar-refractivity contribution in [1.29, 1.82) is 0 Å². The number of anilines is 2. The first-order chi connectivity index (χ1) is 11.2. The van der Waals surface area contributed by atoms with Crippen molar-refractivity contribution in [3.8, 4) is 0 Å². The van der Waals surface area contributed by atoms with Crippen molar-refractivity contribution >= 4 is 23.3 Å². The first kappa shape index (κ1) is 14.3. The molecule has 0 fully saturated rings. The van der Waals surface area contributed by atoms with Crippen molar-refractivity contribution in [2.75, 3.05) is 5.32 Å². The maximum atomic E-state index is 4.45. The van der Waals surface area contributed by atoms with E-state index < -0.39 is 0 Å². The molecule has 2 aromatic heterocycles. The molecule has 1 aliphatic rings. The van der Waals surface area contributed by atoms with Gasteiger partial charge in [0.15, 0.2) is 5.82 Å². The zero-order valence-corrected chi connectivity index (χ0v) is 13.8. The van der Waals surface area contributed by atoms with Crippen LogP contribution < -0.4 is 5.32 Å². The van der Waals surface area contributed by atoms with Gasteiger partial charge in [0.05, 0.1) is 5.69 Å². The molecule has 0 unspecified atom stereocenters. The predicted molar refractivity (Wildman–Crippen MR) is 91.3 cm³/mol. The second-order valence-electron chi connectivity index (χ2n) is 5.84. The molecule has 0 saturated heterocycles. The fourth-order valence-electron chi connectivity index (χ4n) is 2.73. The molecular formula is C17H17N5S. The lowest BCUT2D eigenvalue weighted by atomic mass is 10.1. The number of aromatic nitrogens is 4.